The minimum absolute atomic E-state index is 0.0396. The molecule has 2 aliphatic carbocycles. The molecular formula is C31H53N5O7. The van der Waals surface area contributed by atoms with Crippen LogP contribution in [0.15, 0.2) is 0 Å². The standard InChI is InChI=1S/C31H53N5O7/c1-21(2)14-16-35(28(38)20-36(17-15-29(39)40)30(41)26-9-6-18-43-26)19-27(37)32-23-10-12-24(13-11-23)33-31(42)34-25-8-5-4-7-22(25)3/h21-26H,4-20H2,1-3H3,(H,32,37)(H,39,40)(H2,33,34,42). The molecular weight excluding hydrogens is 554 g/mol. The van der Waals surface area contributed by atoms with Crippen molar-refractivity contribution in [3.8, 4) is 0 Å². The van der Waals surface area contributed by atoms with Crippen LogP contribution in [0.4, 0.5) is 4.79 Å². The third-order valence-corrected chi connectivity index (χ3v) is 8.96. The minimum atomic E-state index is -1.06. The van der Waals surface area contributed by atoms with Crippen molar-refractivity contribution < 1.29 is 33.8 Å². The molecule has 5 amide bonds. The molecule has 1 heterocycles. The first-order valence-electron chi connectivity index (χ1n) is 16.3. The summed E-state index contributed by atoms with van der Waals surface area (Å²) in [5.41, 5.74) is 0. The highest BCUT2D eigenvalue weighted by atomic mass is 16.5. The number of hydrogen-bond donors (Lipinski definition) is 4. The Morgan fingerprint density at radius 2 is 1.49 bits per heavy atom. The molecule has 0 bridgehead atoms. The van der Waals surface area contributed by atoms with E-state index in [4.69, 9.17) is 9.84 Å². The van der Waals surface area contributed by atoms with Crippen molar-refractivity contribution in [1.82, 2.24) is 25.8 Å². The minimum Gasteiger partial charge on any atom is -0.481 e. The second kappa shape index (κ2) is 17.4. The Balaban J connectivity index is 1.49. The normalized spacial score (nSPS) is 25.5. The molecule has 0 radical (unpaired) electrons. The van der Waals surface area contributed by atoms with Crippen LogP contribution in [0.2, 0.25) is 0 Å². The number of hydrogen-bond acceptors (Lipinski definition) is 6. The predicted octanol–water partition coefficient (Wildman–Crippen LogP) is 2.65. The molecule has 2 saturated carbocycles. The molecule has 3 fully saturated rings. The van der Waals surface area contributed by atoms with E-state index in [-0.39, 0.29) is 62.0 Å². The number of ether oxygens (including phenoxy) is 1. The zero-order chi connectivity index (χ0) is 31.4. The van der Waals surface area contributed by atoms with Gasteiger partial charge in [-0.2, -0.15) is 0 Å². The fourth-order valence-corrected chi connectivity index (χ4v) is 6.20. The lowest BCUT2D eigenvalue weighted by Crippen LogP contribution is -2.52. The summed E-state index contributed by atoms with van der Waals surface area (Å²) in [6.45, 7) is 6.55. The monoisotopic (exact) mass is 607 g/mol. The molecule has 3 atom stereocenters. The molecule has 0 aromatic carbocycles. The van der Waals surface area contributed by atoms with E-state index < -0.39 is 18.0 Å². The summed E-state index contributed by atoms with van der Waals surface area (Å²) in [6.07, 6.45) is 8.55. The van der Waals surface area contributed by atoms with E-state index in [2.05, 4.69) is 22.9 Å². The van der Waals surface area contributed by atoms with E-state index in [1.54, 1.807) is 0 Å². The van der Waals surface area contributed by atoms with Crippen LogP contribution in [-0.4, -0.2) is 102 Å². The predicted molar refractivity (Wildman–Crippen MR) is 161 cm³/mol. The summed E-state index contributed by atoms with van der Waals surface area (Å²) >= 11 is 0. The van der Waals surface area contributed by atoms with Gasteiger partial charge in [-0.1, -0.05) is 33.6 Å². The van der Waals surface area contributed by atoms with Gasteiger partial charge in [0, 0.05) is 37.8 Å². The number of carbonyl (C=O) groups is 5. The fraction of sp³-hybridized carbons (Fsp3) is 0.839. The quantitative estimate of drug-likeness (QED) is 0.236. The summed E-state index contributed by atoms with van der Waals surface area (Å²) in [7, 11) is 0. The lowest BCUT2D eigenvalue weighted by Gasteiger charge is -2.33. The van der Waals surface area contributed by atoms with E-state index in [0.29, 0.717) is 37.8 Å². The van der Waals surface area contributed by atoms with Gasteiger partial charge < -0.3 is 35.6 Å². The van der Waals surface area contributed by atoms with Crippen LogP contribution in [0.25, 0.3) is 0 Å². The first kappa shape index (κ1) is 34.6. The van der Waals surface area contributed by atoms with Crippen LogP contribution in [0.5, 0.6) is 0 Å². The van der Waals surface area contributed by atoms with Gasteiger partial charge in [0.05, 0.1) is 19.5 Å². The van der Waals surface area contributed by atoms with Gasteiger partial charge in [0.15, 0.2) is 0 Å². The highest BCUT2D eigenvalue weighted by molar-refractivity contribution is 5.90. The topological polar surface area (TPSA) is 157 Å². The van der Waals surface area contributed by atoms with Crippen molar-refractivity contribution in [3.05, 3.63) is 0 Å². The van der Waals surface area contributed by atoms with Gasteiger partial charge in [0.1, 0.15) is 6.10 Å². The third kappa shape index (κ3) is 12.0. The fourth-order valence-electron chi connectivity index (χ4n) is 6.20. The van der Waals surface area contributed by atoms with Crippen LogP contribution < -0.4 is 16.0 Å². The summed E-state index contributed by atoms with van der Waals surface area (Å²) in [6, 6.07) is 0.140. The van der Waals surface area contributed by atoms with E-state index in [0.717, 1.165) is 51.4 Å². The van der Waals surface area contributed by atoms with Crippen molar-refractivity contribution in [2.45, 2.75) is 122 Å². The van der Waals surface area contributed by atoms with Gasteiger partial charge in [-0.3, -0.25) is 19.2 Å². The molecule has 3 unspecified atom stereocenters. The highest BCUT2D eigenvalue weighted by Crippen LogP contribution is 2.24. The smallest absolute Gasteiger partial charge is 0.315 e. The molecule has 3 aliphatic rings. The summed E-state index contributed by atoms with van der Waals surface area (Å²) in [4.78, 5) is 65.9. The maximum absolute atomic E-state index is 13.4. The molecule has 12 heteroatoms. The van der Waals surface area contributed by atoms with E-state index in [9.17, 15) is 24.0 Å². The Labute approximate surface area is 256 Å². The van der Waals surface area contributed by atoms with Crippen LogP contribution in [-0.2, 0) is 23.9 Å². The highest BCUT2D eigenvalue weighted by Gasteiger charge is 2.32. The molecule has 1 saturated heterocycles. The average Bonchev–Trinajstić information content (AvgIpc) is 3.50. The molecule has 12 nitrogen and oxygen atoms in total. The second-order valence-electron chi connectivity index (χ2n) is 13.0. The second-order valence-corrected chi connectivity index (χ2v) is 13.0. The van der Waals surface area contributed by atoms with Crippen molar-refractivity contribution in [3.63, 3.8) is 0 Å². The van der Waals surface area contributed by atoms with E-state index in [1.165, 1.54) is 16.2 Å². The Hall–Kier alpha value is -2.89. The summed E-state index contributed by atoms with van der Waals surface area (Å²) in [5.74, 6) is -1.30. The number of amides is 5. The maximum atomic E-state index is 13.4. The van der Waals surface area contributed by atoms with Gasteiger partial charge in [-0.05, 0) is 69.6 Å². The Kier molecular flexibility index (Phi) is 14.0. The molecule has 43 heavy (non-hydrogen) atoms. The molecule has 0 spiro atoms. The van der Waals surface area contributed by atoms with Crippen molar-refractivity contribution in [2.24, 2.45) is 11.8 Å². The lowest BCUT2D eigenvalue weighted by atomic mass is 9.86. The number of aliphatic carboxylic acids is 1. The summed E-state index contributed by atoms with van der Waals surface area (Å²) in [5, 5.41) is 18.5. The number of rotatable bonds is 14. The van der Waals surface area contributed by atoms with Gasteiger partial charge in [-0.25, -0.2) is 4.79 Å². The number of nitrogens with zero attached hydrogens (tertiary/aromatic N) is 2. The largest absolute Gasteiger partial charge is 0.481 e. The molecule has 1 aliphatic heterocycles. The number of carboxylic acid groups (broad SMARTS) is 1. The van der Waals surface area contributed by atoms with Gasteiger partial charge in [0.2, 0.25) is 11.8 Å². The van der Waals surface area contributed by atoms with Crippen LogP contribution in [0.1, 0.15) is 97.8 Å². The molecule has 244 valence electrons. The zero-order valence-corrected chi connectivity index (χ0v) is 26.3. The Morgan fingerprint density at radius 3 is 2.09 bits per heavy atom. The van der Waals surface area contributed by atoms with Crippen LogP contribution in [0, 0.1) is 11.8 Å². The molecule has 0 aromatic rings. The molecule has 0 aromatic heterocycles. The average molecular weight is 608 g/mol. The maximum Gasteiger partial charge on any atom is 0.315 e. The Morgan fingerprint density at radius 1 is 0.814 bits per heavy atom. The van der Waals surface area contributed by atoms with Crippen LogP contribution >= 0.6 is 0 Å². The van der Waals surface area contributed by atoms with Crippen molar-refractivity contribution in [2.75, 3.05) is 32.8 Å². The number of carboxylic acids is 1. The van der Waals surface area contributed by atoms with Crippen molar-refractivity contribution in [1.29, 1.82) is 0 Å². The third-order valence-electron chi connectivity index (χ3n) is 8.96. The zero-order valence-electron chi connectivity index (χ0n) is 26.3. The van der Waals surface area contributed by atoms with E-state index in [1.807, 2.05) is 13.8 Å². The van der Waals surface area contributed by atoms with Crippen molar-refractivity contribution >= 4 is 29.7 Å². The number of urea groups is 1. The first-order valence-corrected chi connectivity index (χ1v) is 16.3. The number of nitrogens with one attached hydrogen (secondary N) is 3. The lowest BCUT2D eigenvalue weighted by molar-refractivity contribution is -0.148. The summed E-state index contributed by atoms with van der Waals surface area (Å²) < 4.78 is 5.49. The van der Waals surface area contributed by atoms with Gasteiger partial charge >= 0.3 is 12.0 Å². The SMILES string of the molecule is CC(C)CCN(CC(=O)NC1CCC(NC(=O)NC2CCCCC2C)CC1)C(=O)CN(CCC(=O)O)C(=O)C1CCCO1. The van der Waals surface area contributed by atoms with E-state index >= 15 is 0 Å². The first-order chi connectivity index (χ1) is 20.5. The van der Waals surface area contributed by atoms with Gasteiger partial charge in [-0.15, -0.1) is 0 Å². The van der Waals surface area contributed by atoms with Crippen LogP contribution in [0.3, 0.4) is 0 Å². The number of carbonyl (C=O) groups excluding carboxylic acids is 4. The van der Waals surface area contributed by atoms with Gasteiger partial charge in [0.25, 0.3) is 5.91 Å². The molecule has 4 N–H and O–H groups in total. The Bertz CT molecular complexity index is 947. The molecule has 3 rings (SSSR count).